The van der Waals surface area contributed by atoms with Crippen LogP contribution in [0.5, 0.6) is 0 Å². The molecule has 3 rings (SSSR count). The maximum atomic E-state index is 11.1. The summed E-state index contributed by atoms with van der Waals surface area (Å²) < 4.78 is 12.9. The van der Waals surface area contributed by atoms with E-state index in [4.69, 9.17) is 21.1 Å². The Morgan fingerprint density at radius 2 is 2.00 bits per heavy atom. The number of hydrogen-bond acceptors (Lipinski definition) is 5. The molecule has 1 aliphatic rings. The van der Waals surface area contributed by atoms with E-state index in [0.717, 1.165) is 5.56 Å². The molecule has 0 saturated carbocycles. The van der Waals surface area contributed by atoms with Crippen molar-refractivity contribution in [3.63, 3.8) is 0 Å². The third kappa shape index (κ3) is 3.78. The first-order valence-electron chi connectivity index (χ1n) is 7.98. The number of rotatable bonds is 5. The van der Waals surface area contributed by atoms with Crippen molar-refractivity contribution in [1.82, 2.24) is 14.8 Å². The molecule has 1 saturated heterocycles. The highest BCUT2D eigenvalue weighted by Crippen LogP contribution is 2.35. The van der Waals surface area contributed by atoms with Crippen molar-refractivity contribution in [3.05, 3.63) is 47.5 Å². The van der Waals surface area contributed by atoms with Gasteiger partial charge in [-0.3, -0.25) is 0 Å². The molecule has 0 radical (unpaired) electrons. The fraction of sp³-hybridized carbons (Fsp3) is 0.529. The Kier molecular flexibility index (Phi) is 5.20. The van der Waals surface area contributed by atoms with Gasteiger partial charge >= 0.3 is 0 Å². The number of halogens is 1. The van der Waals surface area contributed by atoms with Gasteiger partial charge in [-0.05, 0) is 31.0 Å². The van der Waals surface area contributed by atoms with E-state index < -0.39 is 11.5 Å². The highest BCUT2D eigenvalue weighted by atomic mass is 35.5. The van der Waals surface area contributed by atoms with E-state index in [1.165, 1.54) is 6.33 Å². The number of hydrogen-bond donors (Lipinski definition) is 1. The van der Waals surface area contributed by atoms with E-state index in [1.54, 1.807) is 11.0 Å². The number of ether oxygens (including phenoxy) is 2. The summed E-state index contributed by atoms with van der Waals surface area (Å²) in [7, 11) is 0. The second-order valence-corrected chi connectivity index (χ2v) is 7.00. The minimum Gasteiger partial charge on any atom is -0.390 e. The Labute approximate surface area is 146 Å². The van der Waals surface area contributed by atoms with Crippen LogP contribution in [0, 0.1) is 5.41 Å². The summed E-state index contributed by atoms with van der Waals surface area (Å²) in [6, 6.07) is 7.32. The Bertz CT molecular complexity index is 640. The van der Waals surface area contributed by atoms with E-state index in [0.29, 0.717) is 24.7 Å². The van der Waals surface area contributed by atoms with Gasteiger partial charge in [-0.25, -0.2) is 9.67 Å². The summed E-state index contributed by atoms with van der Waals surface area (Å²) in [5, 5.41) is 16.0. The van der Waals surface area contributed by atoms with Crippen LogP contribution in [0.1, 0.15) is 25.5 Å². The molecule has 0 spiro atoms. The van der Waals surface area contributed by atoms with Gasteiger partial charge in [0.15, 0.2) is 6.29 Å². The number of benzene rings is 1. The zero-order valence-corrected chi connectivity index (χ0v) is 14.6. The average Bonchev–Trinajstić information content (AvgIpc) is 3.11. The van der Waals surface area contributed by atoms with E-state index in [2.05, 4.69) is 10.1 Å². The second kappa shape index (κ2) is 7.19. The quantitative estimate of drug-likeness (QED) is 0.896. The van der Waals surface area contributed by atoms with Gasteiger partial charge in [0.05, 0.1) is 25.4 Å². The van der Waals surface area contributed by atoms with Gasteiger partial charge in [0.25, 0.3) is 0 Å². The topological polar surface area (TPSA) is 69.4 Å². The molecule has 1 N–H and O–H groups in total. The van der Waals surface area contributed by atoms with Crippen LogP contribution in [0.3, 0.4) is 0 Å². The van der Waals surface area contributed by atoms with Gasteiger partial charge in [-0.1, -0.05) is 30.7 Å². The first kappa shape index (κ1) is 17.4. The van der Waals surface area contributed by atoms with Crippen molar-refractivity contribution in [2.24, 2.45) is 5.41 Å². The Morgan fingerprint density at radius 3 is 2.58 bits per heavy atom. The molecule has 1 aliphatic heterocycles. The molecule has 0 bridgehead atoms. The van der Waals surface area contributed by atoms with Crippen LogP contribution in [0.2, 0.25) is 5.02 Å². The molecule has 2 heterocycles. The van der Waals surface area contributed by atoms with Gasteiger partial charge in [-0.15, -0.1) is 0 Å². The van der Waals surface area contributed by atoms with Crippen molar-refractivity contribution in [1.29, 1.82) is 0 Å². The largest absolute Gasteiger partial charge is 0.390 e. The minimum absolute atomic E-state index is 0.244. The molecule has 1 aromatic heterocycles. The number of aliphatic hydroxyl groups excluding tert-OH is 1. The molecule has 6 nitrogen and oxygen atoms in total. The lowest BCUT2D eigenvalue weighted by molar-refractivity contribution is -0.241. The Morgan fingerprint density at radius 1 is 1.33 bits per heavy atom. The Hall–Kier alpha value is -1.47. The van der Waals surface area contributed by atoms with Crippen LogP contribution >= 0.6 is 11.6 Å². The van der Waals surface area contributed by atoms with E-state index in [9.17, 15) is 5.11 Å². The SMILES string of the molecule is CC1OCC(C)(C(O)C(Cc2ccc(Cl)cc2)n2cncn2)CO1. The molecule has 0 aliphatic carbocycles. The lowest BCUT2D eigenvalue weighted by Gasteiger charge is -2.42. The molecular formula is C17H22ClN3O3. The molecule has 1 aromatic carbocycles. The predicted octanol–water partition coefficient (Wildman–Crippen LogP) is 2.48. The van der Waals surface area contributed by atoms with Gasteiger partial charge in [-0.2, -0.15) is 5.10 Å². The van der Waals surface area contributed by atoms with Gasteiger partial charge in [0.1, 0.15) is 12.7 Å². The van der Waals surface area contributed by atoms with E-state index >= 15 is 0 Å². The summed E-state index contributed by atoms with van der Waals surface area (Å²) in [6.45, 7) is 4.69. The maximum Gasteiger partial charge on any atom is 0.154 e. The van der Waals surface area contributed by atoms with Crippen molar-refractivity contribution in [3.8, 4) is 0 Å². The number of aliphatic hydroxyl groups is 1. The van der Waals surface area contributed by atoms with Crippen LogP contribution in [0.4, 0.5) is 0 Å². The minimum atomic E-state index is -0.706. The third-order valence-electron chi connectivity index (χ3n) is 4.51. The first-order chi connectivity index (χ1) is 11.5. The van der Waals surface area contributed by atoms with Crippen LogP contribution in [-0.4, -0.2) is 45.5 Å². The molecule has 2 unspecified atom stereocenters. The fourth-order valence-corrected chi connectivity index (χ4v) is 3.07. The molecule has 7 heteroatoms. The summed E-state index contributed by atoms with van der Waals surface area (Å²) in [6.07, 6.45) is 2.75. The normalized spacial score (nSPS) is 26.9. The van der Waals surface area contributed by atoms with Gasteiger partial charge < -0.3 is 14.6 Å². The average molecular weight is 352 g/mol. The van der Waals surface area contributed by atoms with Crippen LogP contribution in [-0.2, 0) is 15.9 Å². The van der Waals surface area contributed by atoms with E-state index in [1.807, 2.05) is 38.1 Å². The molecule has 130 valence electrons. The predicted molar refractivity (Wildman–Crippen MR) is 89.7 cm³/mol. The fourth-order valence-electron chi connectivity index (χ4n) is 2.94. The molecule has 0 amide bonds. The molecule has 24 heavy (non-hydrogen) atoms. The van der Waals surface area contributed by atoms with Crippen molar-refractivity contribution in [2.45, 2.75) is 38.7 Å². The highest BCUT2D eigenvalue weighted by molar-refractivity contribution is 6.30. The lowest BCUT2D eigenvalue weighted by atomic mass is 9.79. The zero-order valence-electron chi connectivity index (χ0n) is 13.8. The van der Waals surface area contributed by atoms with Gasteiger partial charge in [0.2, 0.25) is 0 Å². The monoisotopic (exact) mass is 351 g/mol. The summed E-state index contributed by atoms with van der Waals surface area (Å²) in [5.41, 5.74) is 0.545. The van der Waals surface area contributed by atoms with Crippen molar-refractivity contribution in [2.75, 3.05) is 13.2 Å². The molecule has 2 atom stereocenters. The van der Waals surface area contributed by atoms with Crippen LogP contribution in [0.15, 0.2) is 36.9 Å². The van der Waals surface area contributed by atoms with Crippen molar-refractivity contribution < 1.29 is 14.6 Å². The second-order valence-electron chi connectivity index (χ2n) is 6.56. The van der Waals surface area contributed by atoms with Crippen LogP contribution < -0.4 is 0 Å². The molecule has 1 fully saturated rings. The summed E-state index contributed by atoms with van der Waals surface area (Å²) in [4.78, 5) is 4.02. The standard InChI is InChI=1S/C17H22ClN3O3/c1-12-23-8-17(2,9-24-12)16(22)15(21-11-19-10-20-21)7-13-3-5-14(18)6-4-13/h3-6,10-12,15-16,22H,7-9H2,1-2H3. The maximum absolute atomic E-state index is 11.1. The molecular weight excluding hydrogens is 330 g/mol. The van der Waals surface area contributed by atoms with Gasteiger partial charge in [0, 0.05) is 10.4 Å². The van der Waals surface area contributed by atoms with Crippen LogP contribution in [0.25, 0.3) is 0 Å². The molecule has 2 aromatic rings. The number of nitrogens with zero attached hydrogens (tertiary/aromatic N) is 3. The Balaban J connectivity index is 1.83. The van der Waals surface area contributed by atoms with E-state index in [-0.39, 0.29) is 12.3 Å². The number of aromatic nitrogens is 3. The van der Waals surface area contributed by atoms with Crippen molar-refractivity contribution >= 4 is 11.6 Å². The summed E-state index contributed by atoms with van der Waals surface area (Å²) in [5.74, 6) is 0. The lowest BCUT2D eigenvalue weighted by Crippen LogP contribution is -2.50. The third-order valence-corrected chi connectivity index (χ3v) is 4.76. The highest BCUT2D eigenvalue weighted by Gasteiger charge is 2.43. The first-order valence-corrected chi connectivity index (χ1v) is 8.35. The smallest absolute Gasteiger partial charge is 0.154 e. The zero-order chi connectivity index (χ0) is 17.2. The summed E-state index contributed by atoms with van der Waals surface area (Å²) >= 11 is 5.96.